The summed E-state index contributed by atoms with van der Waals surface area (Å²) in [4.78, 5) is 13.9. The fourth-order valence-corrected chi connectivity index (χ4v) is 2.49. The molecule has 1 aliphatic heterocycles. The van der Waals surface area contributed by atoms with E-state index in [4.69, 9.17) is 10.5 Å². The average Bonchev–Trinajstić information content (AvgIpc) is 2.57. The monoisotopic (exact) mass is 293 g/mol. The van der Waals surface area contributed by atoms with Crippen LogP contribution in [0.25, 0.3) is 0 Å². The van der Waals surface area contributed by atoms with E-state index in [9.17, 15) is 10.1 Å². The maximum atomic E-state index is 12.2. The largest absolute Gasteiger partial charge is 0.482 e. The molecule has 0 saturated carbocycles. The van der Waals surface area contributed by atoms with Gasteiger partial charge in [0, 0.05) is 6.54 Å². The molecule has 0 atom stereocenters. The van der Waals surface area contributed by atoms with Crippen LogP contribution >= 0.6 is 0 Å². The summed E-state index contributed by atoms with van der Waals surface area (Å²) in [5, 5.41) is 9.20. The molecule has 0 aromatic heterocycles. The molecule has 2 aromatic rings. The number of amides is 1. The molecule has 0 bridgehead atoms. The van der Waals surface area contributed by atoms with Gasteiger partial charge in [-0.2, -0.15) is 5.26 Å². The van der Waals surface area contributed by atoms with Crippen LogP contribution in [-0.4, -0.2) is 12.5 Å². The fraction of sp³-hybridized carbons (Fsp3) is 0.176. The smallest absolute Gasteiger partial charge is 0.265 e. The molecule has 110 valence electrons. The van der Waals surface area contributed by atoms with Crippen LogP contribution in [0.3, 0.4) is 0 Å². The Labute approximate surface area is 128 Å². The highest BCUT2D eigenvalue weighted by Gasteiger charge is 2.26. The molecule has 0 fully saturated rings. The number of nitrogens with zero attached hydrogens (tertiary/aromatic N) is 2. The van der Waals surface area contributed by atoms with E-state index >= 15 is 0 Å². The second-order valence-electron chi connectivity index (χ2n) is 5.04. The van der Waals surface area contributed by atoms with Crippen molar-refractivity contribution in [2.45, 2.75) is 13.1 Å². The Morgan fingerprint density at radius 2 is 2.09 bits per heavy atom. The number of hydrogen-bond donors (Lipinski definition) is 1. The molecular formula is C17H15N3O2. The SMILES string of the molecule is N#Cc1ccccc1CN1C(=O)COc2ccc(CN)cc21. The number of carbonyl (C=O) groups excluding carboxylic acids is 1. The third kappa shape index (κ3) is 2.52. The van der Waals surface area contributed by atoms with Crippen molar-refractivity contribution < 1.29 is 9.53 Å². The second kappa shape index (κ2) is 5.88. The highest BCUT2D eigenvalue weighted by Crippen LogP contribution is 2.34. The molecule has 1 amide bonds. The summed E-state index contributed by atoms with van der Waals surface area (Å²) in [5.74, 6) is 0.528. The first kappa shape index (κ1) is 14.1. The predicted molar refractivity (Wildman–Crippen MR) is 82.2 cm³/mol. The number of nitriles is 1. The molecule has 5 nitrogen and oxygen atoms in total. The van der Waals surface area contributed by atoms with Gasteiger partial charge in [0.05, 0.1) is 23.9 Å². The normalized spacial score (nSPS) is 13.3. The molecule has 5 heteroatoms. The van der Waals surface area contributed by atoms with Gasteiger partial charge in [-0.05, 0) is 29.3 Å². The fourth-order valence-electron chi connectivity index (χ4n) is 2.49. The van der Waals surface area contributed by atoms with Crippen LogP contribution in [0.2, 0.25) is 0 Å². The lowest BCUT2D eigenvalue weighted by Gasteiger charge is -2.30. The average molecular weight is 293 g/mol. The Balaban J connectivity index is 2.00. The third-order valence-corrected chi connectivity index (χ3v) is 3.67. The lowest BCUT2D eigenvalue weighted by atomic mass is 10.1. The van der Waals surface area contributed by atoms with Crippen LogP contribution in [0.4, 0.5) is 5.69 Å². The number of anilines is 1. The van der Waals surface area contributed by atoms with Crippen molar-refractivity contribution in [3.05, 3.63) is 59.2 Å². The van der Waals surface area contributed by atoms with E-state index in [1.165, 1.54) is 0 Å². The molecule has 2 N–H and O–H groups in total. The van der Waals surface area contributed by atoms with Crippen LogP contribution < -0.4 is 15.4 Å². The molecule has 1 aliphatic rings. The molecular weight excluding hydrogens is 278 g/mol. The number of rotatable bonds is 3. The summed E-state index contributed by atoms with van der Waals surface area (Å²) >= 11 is 0. The molecule has 0 spiro atoms. The summed E-state index contributed by atoms with van der Waals surface area (Å²) in [6.07, 6.45) is 0. The Bertz CT molecular complexity index is 765. The predicted octanol–water partition coefficient (Wildman–Crippen LogP) is 1.94. The Morgan fingerprint density at radius 3 is 2.86 bits per heavy atom. The summed E-state index contributed by atoms with van der Waals surface area (Å²) in [6.45, 7) is 0.737. The standard InChI is InChI=1S/C17H15N3O2/c18-8-12-5-6-16-15(7-12)20(17(21)11-22-16)10-14-4-2-1-3-13(14)9-19/h1-7H,8,10-11,18H2. The van der Waals surface area contributed by atoms with Gasteiger partial charge in [-0.3, -0.25) is 4.79 Å². The van der Waals surface area contributed by atoms with E-state index in [0.717, 1.165) is 11.1 Å². The van der Waals surface area contributed by atoms with E-state index in [1.807, 2.05) is 36.4 Å². The summed E-state index contributed by atoms with van der Waals surface area (Å²) in [5.41, 5.74) is 8.68. The van der Waals surface area contributed by atoms with E-state index in [-0.39, 0.29) is 12.5 Å². The number of benzene rings is 2. The van der Waals surface area contributed by atoms with Gasteiger partial charge in [0.15, 0.2) is 6.61 Å². The quantitative estimate of drug-likeness (QED) is 0.938. The van der Waals surface area contributed by atoms with Crippen LogP contribution in [0, 0.1) is 11.3 Å². The van der Waals surface area contributed by atoms with Crippen molar-refractivity contribution in [3.8, 4) is 11.8 Å². The minimum atomic E-state index is -0.130. The first-order valence-electron chi connectivity index (χ1n) is 6.97. The molecule has 0 unspecified atom stereocenters. The third-order valence-electron chi connectivity index (χ3n) is 3.67. The van der Waals surface area contributed by atoms with Crippen molar-refractivity contribution >= 4 is 11.6 Å². The Hall–Kier alpha value is -2.84. The zero-order valence-electron chi connectivity index (χ0n) is 12.0. The number of carbonyl (C=O) groups is 1. The second-order valence-corrected chi connectivity index (χ2v) is 5.04. The van der Waals surface area contributed by atoms with Gasteiger partial charge in [0.1, 0.15) is 5.75 Å². The molecule has 2 aromatic carbocycles. The summed E-state index contributed by atoms with van der Waals surface area (Å²) < 4.78 is 5.46. The Morgan fingerprint density at radius 1 is 1.27 bits per heavy atom. The maximum absolute atomic E-state index is 12.2. The highest BCUT2D eigenvalue weighted by molar-refractivity contribution is 5.97. The van der Waals surface area contributed by atoms with Crippen molar-refractivity contribution in [3.63, 3.8) is 0 Å². The van der Waals surface area contributed by atoms with E-state index in [0.29, 0.717) is 30.1 Å². The minimum Gasteiger partial charge on any atom is -0.482 e. The molecule has 1 heterocycles. The zero-order valence-corrected chi connectivity index (χ0v) is 12.0. The van der Waals surface area contributed by atoms with Gasteiger partial charge in [0.25, 0.3) is 5.91 Å². The lowest BCUT2D eigenvalue weighted by molar-refractivity contribution is -0.121. The van der Waals surface area contributed by atoms with Crippen molar-refractivity contribution in [1.29, 1.82) is 5.26 Å². The van der Waals surface area contributed by atoms with Gasteiger partial charge in [-0.1, -0.05) is 24.3 Å². The number of fused-ring (bicyclic) bond motifs is 1. The van der Waals surface area contributed by atoms with Gasteiger partial charge < -0.3 is 15.4 Å². The first-order valence-corrected chi connectivity index (χ1v) is 6.97. The maximum Gasteiger partial charge on any atom is 0.265 e. The summed E-state index contributed by atoms with van der Waals surface area (Å²) in [7, 11) is 0. The van der Waals surface area contributed by atoms with E-state index in [2.05, 4.69) is 6.07 Å². The van der Waals surface area contributed by atoms with Gasteiger partial charge in [0.2, 0.25) is 0 Å². The molecule has 3 rings (SSSR count). The Kier molecular flexibility index (Phi) is 3.77. The number of nitrogens with two attached hydrogens (primary N) is 1. The van der Waals surface area contributed by atoms with Crippen LogP contribution in [-0.2, 0) is 17.9 Å². The van der Waals surface area contributed by atoms with Crippen LogP contribution in [0.5, 0.6) is 5.75 Å². The molecule has 0 radical (unpaired) electrons. The van der Waals surface area contributed by atoms with Gasteiger partial charge in [-0.15, -0.1) is 0 Å². The van der Waals surface area contributed by atoms with Crippen molar-refractivity contribution in [1.82, 2.24) is 0 Å². The molecule has 22 heavy (non-hydrogen) atoms. The minimum absolute atomic E-state index is 0.00366. The highest BCUT2D eigenvalue weighted by atomic mass is 16.5. The number of hydrogen-bond acceptors (Lipinski definition) is 4. The van der Waals surface area contributed by atoms with Crippen LogP contribution in [0.15, 0.2) is 42.5 Å². The number of ether oxygens (including phenoxy) is 1. The molecule has 0 aliphatic carbocycles. The lowest BCUT2D eigenvalue weighted by Crippen LogP contribution is -2.38. The van der Waals surface area contributed by atoms with Gasteiger partial charge in [-0.25, -0.2) is 0 Å². The van der Waals surface area contributed by atoms with E-state index in [1.54, 1.807) is 11.0 Å². The van der Waals surface area contributed by atoms with Crippen molar-refractivity contribution in [2.75, 3.05) is 11.5 Å². The van der Waals surface area contributed by atoms with E-state index < -0.39 is 0 Å². The van der Waals surface area contributed by atoms with Crippen LogP contribution in [0.1, 0.15) is 16.7 Å². The first-order chi connectivity index (χ1) is 10.7. The topological polar surface area (TPSA) is 79.3 Å². The summed E-state index contributed by atoms with van der Waals surface area (Å²) in [6, 6.07) is 15.0. The molecule has 0 saturated heterocycles. The van der Waals surface area contributed by atoms with Gasteiger partial charge >= 0.3 is 0 Å². The zero-order chi connectivity index (χ0) is 15.5. The van der Waals surface area contributed by atoms with Crippen molar-refractivity contribution in [2.24, 2.45) is 5.73 Å².